The Morgan fingerprint density at radius 2 is 0.415 bits per heavy atom. The van der Waals surface area contributed by atoms with E-state index in [9.17, 15) is 38.4 Å². The van der Waals surface area contributed by atoms with Gasteiger partial charge in [-0.1, -0.05) is 386 Å². The minimum Gasteiger partial charge on any atom is -0.466 e. The van der Waals surface area contributed by atoms with Crippen LogP contribution in [-0.2, 0) is 76.3 Å². The third kappa shape index (κ3) is 173. The highest BCUT2D eigenvalue weighted by atomic mass is 16.6. The van der Waals surface area contributed by atoms with Crippen molar-refractivity contribution in [1.29, 1.82) is 0 Å². The molecule has 0 aromatic rings. The van der Waals surface area contributed by atoms with Crippen LogP contribution in [-0.4, -0.2) is 98.6 Å². The van der Waals surface area contributed by atoms with E-state index in [1.165, 1.54) is 51.4 Å². The molecule has 0 N–H and O–H groups in total. The van der Waals surface area contributed by atoms with Gasteiger partial charge in [-0.2, -0.15) is 0 Å². The van der Waals surface area contributed by atoms with Crippen molar-refractivity contribution in [2.45, 2.75) is 579 Å². The molecule has 0 saturated heterocycles. The predicted molar refractivity (Wildman–Crippen MR) is 564 cm³/mol. The van der Waals surface area contributed by atoms with Crippen molar-refractivity contribution in [2.75, 3.05) is 26.4 Å². The number of esters is 8. The molecule has 4 atom stereocenters. The molecule has 788 valence electrons. The molecule has 0 heterocycles. The number of hydrogen-bond acceptors (Lipinski definition) is 16. The van der Waals surface area contributed by atoms with E-state index >= 15 is 0 Å². The van der Waals surface area contributed by atoms with E-state index in [1.807, 2.05) is 90.0 Å². The van der Waals surface area contributed by atoms with Gasteiger partial charge in [-0.25, -0.2) is 0 Å². The molecule has 0 aliphatic carbocycles. The second-order valence-corrected chi connectivity index (χ2v) is 51.7. The zero-order chi connectivity index (χ0) is 106. The Labute approximate surface area is 813 Å². The van der Waals surface area contributed by atoms with Crippen molar-refractivity contribution in [3.63, 3.8) is 0 Å². The third-order valence-electron chi connectivity index (χ3n) is 18.0. The molecule has 16 nitrogen and oxygen atoms in total. The topological polar surface area (TPSA) is 210 Å². The standard InChI is InChI=1S/3C11H22O2.4C10H20O2.C9H18O2.C9H20.2C8H18.C7H16/c1-9(2)10(12)13-8-6-7-11(3,4)5;2*1-6-10(12)13-9(2)7-8-11(3,4)5;1-8(2)9(11)12-7-6-10(3,4)5;2*1-6-9(11)12-8(2)7-10(3,4)5;1-5-9(11)12-8-6-7-10(2,3)4;1-5-8(10)11-7-6-9(2,3)4;1-8(2)6-7-9(3,4)5;1-7(2)6-8(3,4)5;1-5-6-7-8(2,3)4;1-5-6-7(2,3)4/h3*9H,6-8H2,1-5H3;3*8H,6-7H2,1-5H3;5-8H2,1-4H3;5-7H2,1-4H3;8H,6-7H2,1-5H3;7H,6H2,1-5H3;5-7H2,1-4H3;5-6H2,1-4H3. The maximum atomic E-state index is 11.0. The lowest BCUT2D eigenvalue weighted by Gasteiger charge is -2.22. The van der Waals surface area contributed by atoms with Crippen molar-refractivity contribution in [3.8, 4) is 0 Å². The van der Waals surface area contributed by atoms with Crippen LogP contribution in [0.3, 0.4) is 0 Å². The second kappa shape index (κ2) is 80.8. The van der Waals surface area contributed by atoms with Crippen molar-refractivity contribution in [2.24, 2.45) is 88.7 Å². The van der Waals surface area contributed by atoms with Gasteiger partial charge in [0.1, 0.15) is 0 Å². The van der Waals surface area contributed by atoms with Crippen molar-refractivity contribution < 1.29 is 76.3 Å². The average Bonchev–Trinajstić information content (AvgIpc) is 0.939. The molecule has 4 unspecified atom stereocenters. The fourth-order valence-electron chi connectivity index (χ4n) is 10.9. The largest absolute Gasteiger partial charge is 0.466 e. The summed E-state index contributed by atoms with van der Waals surface area (Å²) < 4.78 is 40.6. The summed E-state index contributed by atoms with van der Waals surface area (Å²) in [6.45, 7) is 121. The first-order chi connectivity index (χ1) is 57.9. The average molecular weight is 1860 g/mol. The van der Waals surface area contributed by atoms with E-state index in [-0.39, 0.29) is 106 Å². The van der Waals surface area contributed by atoms with Crippen LogP contribution < -0.4 is 0 Å². The van der Waals surface area contributed by atoms with Crippen LogP contribution in [0.25, 0.3) is 0 Å². The minimum atomic E-state index is -0.105. The minimum absolute atomic E-state index is 0.00497. The van der Waals surface area contributed by atoms with Gasteiger partial charge in [0.15, 0.2) is 0 Å². The number of rotatable bonds is 34. The smallest absolute Gasteiger partial charge is 0.308 e. The molecule has 0 bridgehead atoms. The van der Waals surface area contributed by atoms with E-state index in [4.69, 9.17) is 37.9 Å². The van der Waals surface area contributed by atoms with Crippen LogP contribution in [0.15, 0.2) is 0 Å². The fourth-order valence-corrected chi connectivity index (χ4v) is 10.9. The van der Waals surface area contributed by atoms with Gasteiger partial charge >= 0.3 is 47.8 Å². The first-order valence-corrected chi connectivity index (χ1v) is 51.3. The van der Waals surface area contributed by atoms with Crippen LogP contribution in [0.5, 0.6) is 0 Å². The molecule has 0 amide bonds. The Morgan fingerprint density at radius 3 is 0.592 bits per heavy atom. The highest BCUT2D eigenvalue weighted by Gasteiger charge is 2.23. The Bertz CT molecular complexity index is 2570. The Balaban J connectivity index is -0.000000117. The predicted octanol–water partition coefficient (Wildman–Crippen LogP) is 35.2. The highest BCUT2D eigenvalue weighted by molar-refractivity contribution is 5.72. The summed E-state index contributed by atoms with van der Waals surface area (Å²) in [5.74, 6) is 0.909. The van der Waals surface area contributed by atoms with Crippen LogP contribution >= 0.6 is 0 Å². The molecule has 0 spiro atoms. The zero-order valence-corrected chi connectivity index (χ0v) is 98.4. The van der Waals surface area contributed by atoms with Crippen LogP contribution in [0, 0.1) is 88.7 Å². The van der Waals surface area contributed by atoms with E-state index in [1.54, 1.807) is 6.92 Å². The number of hydrogen-bond donors (Lipinski definition) is 0. The van der Waals surface area contributed by atoms with Crippen LogP contribution in [0.1, 0.15) is 555 Å². The summed E-state index contributed by atoms with van der Waals surface area (Å²) in [6, 6.07) is 0. The monoisotopic (exact) mass is 1860 g/mol. The van der Waals surface area contributed by atoms with Gasteiger partial charge in [0.25, 0.3) is 0 Å². The van der Waals surface area contributed by atoms with Crippen LogP contribution in [0.2, 0.25) is 0 Å². The lowest BCUT2D eigenvalue weighted by molar-refractivity contribution is -0.150. The van der Waals surface area contributed by atoms with Crippen molar-refractivity contribution in [1.82, 2.24) is 0 Å². The molecule has 0 radical (unpaired) electrons. The van der Waals surface area contributed by atoms with E-state index in [0.717, 1.165) is 88.9 Å². The zero-order valence-electron chi connectivity index (χ0n) is 98.4. The fraction of sp³-hybridized carbons (Fsp3) is 0.930. The van der Waals surface area contributed by atoms with Gasteiger partial charge in [0.2, 0.25) is 0 Å². The molecule has 130 heavy (non-hydrogen) atoms. The third-order valence-corrected chi connectivity index (χ3v) is 18.0. The molecule has 16 heteroatoms. The Morgan fingerprint density at radius 1 is 0.200 bits per heavy atom. The van der Waals surface area contributed by atoms with Crippen LogP contribution in [0.4, 0.5) is 0 Å². The lowest BCUT2D eigenvalue weighted by Crippen LogP contribution is -2.20. The Hall–Kier alpha value is -4.24. The molecule has 0 aromatic carbocycles. The van der Waals surface area contributed by atoms with Gasteiger partial charge in [0, 0.05) is 38.5 Å². The van der Waals surface area contributed by atoms with Gasteiger partial charge in [-0.05, 0) is 207 Å². The summed E-state index contributed by atoms with van der Waals surface area (Å²) in [6.07, 6.45) is 25.7. The number of carbonyl (C=O) groups is 8. The number of carbonyl (C=O) groups excluding carboxylic acids is 8. The molecule has 0 fully saturated rings. The molecule has 0 saturated carbocycles. The first kappa shape index (κ1) is 151. The van der Waals surface area contributed by atoms with Gasteiger partial charge < -0.3 is 37.9 Å². The van der Waals surface area contributed by atoms with Gasteiger partial charge in [0.05, 0.1) is 62.7 Å². The SMILES string of the molecule is CC(C)C(=O)OCCC(C)(C)C.CC(C)C(=O)OCCCC(C)(C)C.CC(C)CC(C)(C)C.CC(C)CCC(C)(C)C.CCC(=O)OC(C)CC(C)(C)C.CCC(=O)OC(C)CC(C)(C)C.CCC(=O)OC(C)CCC(C)(C)C.CCC(=O)OC(C)CCC(C)(C)C.CCC(=O)OCCC(C)(C)C.CCC(=O)OCCCC(C)(C)C.CCCC(C)(C)C.CCCCC(C)(C)C. The number of unbranched alkanes of at least 4 members (excludes halogenated alkanes) is 1. The van der Waals surface area contributed by atoms with Gasteiger partial charge in [-0.15, -0.1) is 0 Å². The molecule has 0 aliphatic heterocycles. The summed E-state index contributed by atoms with van der Waals surface area (Å²) in [7, 11) is 0. The van der Waals surface area contributed by atoms with Crippen molar-refractivity contribution in [3.05, 3.63) is 0 Å². The van der Waals surface area contributed by atoms with E-state index in [2.05, 4.69) is 291 Å². The lowest BCUT2D eigenvalue weighted by atomic mass is 9.86. The van der Waals surface area contributed by atoms with Gasteiger partial charge in [-0.3, -0.25) is 38.4 Å². The summed E-state index contributed by atoms with van der Waals surface area (Å²) >= 11 is 0. The molecular formula is C114H236O16. The number of ether oxygens (including phenoxy) is 8. The maximum absolute atomic E-state index is 11.0. The quantitative estimate of drug-likeness (QED) is 0.0333. The highest BCUT2D eigenvalue weighted by Crippen LogP contribution is 2.30. The first-order valence-electron chi connectivity index (χ1n) is 51.3. The second-order valence-electron chi connectivity index (χ2n) is 51.7. The van der Waals surface area contributed by atoms with Crippen molar-refractivity contribution >= 4 is 47.8 Å². The molecule has 0 aliphatic rings. The Kier molecular flexibility index (Phi) is 94.0. The summed E-state index contributed by atoms with van der Waals surface area (Å²) in [5, 5.41) is 0. The summed E-state index contributed by atoms with van der Waals surface area (Å²) in [4.78, 5) is 87.1. The van der Waals surface area contributed by atoms with E-state index < -0.39 is 0 Å². The molecule has 0 aromatic heterocycles. The van der Waals surface area contributed by atoms with E-state index in [0.29, 0.717) is 108 Å². The molecular weight excluding hydrogens is 1630 g/mol. The summed E-state index contributed by atoms with van der Waals surface area (Å²) in [5.41, 5.74) is 4.46. The molecule has 0 rings (SSSR count). The maximum Gasteiger partial charge on any atom is 0.308 e. The normalized spacial score (nSPS) is 12.7.